The molecule has 7 nitrogen and oxygen atoms in total. The van der Waals surface area contributed by atoms with Crippen LogP contribution < -0.4 is 5.32 Å². The van der Waals surface area contributed by atoms with Gasteiger partial charge in [0.25, 0.3) is 17.5 Å². The lowest BCUT2D eigenvalue weighted by molar-refractivity contribution is -0.384. The van der Waals surface area contributed by atoms with E-state index in [9.17, 15) is 19.7 Å². The molecule has 0 fully saturated rings. The Bertz CT molecular complexity index is 1010. The van der Waals surface area contributed by atoms with Crippen molar-refractivity contribution >= 4 is 28.8 Å². The number of hydrogen-bond donors (Lipinski definition) is 1. The van der Waals surface area contributed by atoms with Crippen molar-refractivity contribution in [2.75, 3.05) is 11.9 Å². The first-order valence-electron chi connectivity index (χ1n) is 9.16. The fourth-order valence-corrected chi connectivity index (χ4v) is 3.10. The largest absolute Gasteiger partial charge is 0.350 e. The Kier molecular flexibility index (Phi) is 5.59. The van der Waals surface area contributed by atoms with E-state index in [1.807, 2.05) is 24.3 Å². The van der Waals surface area contributed by atoms with E-state index in [0.29, 0.717) is 17.2 Å². The lowest BCUT2D eigenvalue weighted by Crippen LogP contribution is -2.32. The fraction of sp³-hybridized carbons (Fsp3) is 0.182. The summed E-state index contributed by atoms with van der Waals surface area (Å²) in [6.07, 6.45) is 1.48. The highest BCUT2D eigenvalue weighted by atomic mass is 16.6. The molecule has 2 aromatic carbocycles. The molecule has 2 aromatic rings. The third-order valence-corrected chi connectivity index (χ3v) is 4.69. The highest BCUT2D eigenvalue weighted by Gasteiger charge is 2.38. The van der Waals surface area contributed by atoms with E-state index in [2.05, 4.69) is 25.7 Å². The Balaban J connectivity index is 2.03. The van der Waals surface area contributed by atoms with Gasteiger partial charge in [-0.25, -0.2) is 0 Å². The highest BCUT2D eigenvalue weighted by molar-refractivity contribution is 6.36. The minimum absolute atomic E-state index is 0.0750. The van der Waals surface area contributed by atoms with Crippen LogP contribution in [0.4, 0.5) is 11.4 Å². The summed E-state index contributed by atoms with van der Waals surface area (Å²) in [5.74, 6) is -0.557. The number of non-ortho nitro benzene ring substituents is 1. The third-order valence-electron chi connectivity index (χ3n) is 4.69. The second-order valence-corrected chi connectivity index (χ2v) is 6.97. The van der Waals surface area contributed by atoms with Crippen LogP contribution in [0.25, 0.3) is 5.57 Å². The average molecular weight is 391 g/mol. The van der Waals surface area contributed by atoms with Crippen molar-refractivity contribution < 1.29 is 14.5 Å². The molecule has 0 saturated carbocycles. The molecule has 29 heavy (non-hydrogen) atoms. The predicted octanol–water partition coefficient (Wildman–Crippen LogP) is 4.10. The molecule has 0 atom stereocenters. The number of nitro benzene ring substituents is 1. The Hall–Kier alpha value is -3.74. The van der Waals surface area contributed by atoms with E-state index >= 15 is 0 Å². The van der Waals surface area contributed by atoms with Gasteiger partial charge in [-0.1, -0.05) is 32.1 Å². The van der Waals surface area contributed by atoms with Crippen molar-refractivity contribution in [1.29, 1.82) is 0 Å². The summed E-state index contributed by atoms with van der Waals surface area (Å²) in [7, 11) is 0. The lowest BCUT2D eigenvalue weighted by atomic mass is 10.0. The first kappa shape index (κ1) is 20.0. The van der Waals surface area contributed by atoms with Gasteiger partial charge in [0.15, 0.2) is 0 Å². The number of hydrogen-bond acceptors (Lipinski definition) is 5. The molecule has 1 aliphatic rings. The topological polar surface area (TPSA) is 92.6 Å². The standard InChI is InChI=1S/C22H21N3O4/c1-4-13-24-21(26)19(16-7-11-18(12-8-16)25(28)29)20(22(24)27)23-17-9-5-15(6-10-17)14(2)3/h4-12,14,23H,1,13H2,2-3H3. The van der Waals surface area contributed by atoms with Crippen molar-refractivity contribution in [2.45, 2.75) is 19.8 Å². The molecule has 7 heteroatoms. The summed E-state index contributed by atoms with van der Waals surface area (Å²) in [4.78, 5) is 37.3. The van der Waals surface area contributed by atoms with Crippen molar-refractivity contribution in [2.24, 2.45) is 0 Å². The minimum Gasteiger partial charge on any atom is -0.350 e. The maximum Gasteiger partial charge on any atom is 0.278 e. The van der Waals surface area contributed by atoms with Crippen LogP contribution in [0.3, 0.4) is 0 Å². The number of carbonyl (C=O) groups is 2. The predicted molar refractivity (Wildman–Crippen MR) is 111 cm³/mol. The summed E-state index contributed by atoms with van der Waals surface area (Å²) in [5, 5.41) is 14.0. The number of anilines is 1. The number of nitrogens with one attached hydrogen (secondary N) is 1. The van der Waals surface area contributed by atoms with E-state index in [1.165, 1.54) is 30.3 Å². The van der Waals surface area contributed by atoms with E-state index in [0.717, 1.165) is 10.5 Å². The van der Waals surface area contributed by atoms with Gasteiger partial charge in [-0.15, -0.1) is 6.58 Å². The number of benzene rings is 2. The lowest BCUT2D eigenvalue weighted by Gasteiger charge is -2.13. The van der Waals surface area contributed by atoms with Crippen LogP contribution in [0, 0.1) is 10.1 Å². The van der Waals surface area contributed by atoms with Crippen LogP contribution in [-0.4, -0.2) is 28.2 Å². The maximum atomic E-state index is 12.9. The third kappa shape index (κ3) is 3.94. The van der Waals surface area contributed by atoms with Crippen molar-refractivity contribution in [3.63, 3.8) is 0 Å². The Morgan fingerprint density at radius 1 is 1.07 bits per heavy atom. The van der Waals surface area contributed by atoms with Gasteiger partial charge in [-0.2, -0.15) is 0 Å². The van der Waals surface area contributed by atoms with E-state index in [1.54, 1.807) is 0 Å². The van der Waals surface area contributed by atoms with Gasteiger partial charge >= 0.3 is 0 Å². The molecule has 0 radical (unpaired) electrons. The second kappa shape index (κ2) is 8.10. The summed E-state index contributed by atoms with van der Waals surface area (Å²) >= 11 is 0. The van der Waals surface area contributed by atoms with Crippen LogP contribution >= 0.6 is 0 Å². The first-order valence-corrected chi connectivity index (χ1v) is 9.16. The molecule has 0 spiro atoms. The molecular weight excluding hydrogens is 370 g/mol. The summed E-state index contributed by atoms with van der Waals surface area (Å²) < 4.78 is 0. The number of carbonyl (C=O) groups excluding carboxylic acids is 2. The molecule has 0 unspecified atom stereocenters. The SMILES string of the molecule is C=CCN1C(=O)C(Nc2ccc(C(C)C)cc2)=C(c2ccc([N+](=O)[O-])cc2)C1=O. The number of amides is 2. The van der Waals surface area contributed by atoms with Crippen molar-refractivity contribution in [3.8, 4) is 0 Å². The Labute approximate surface area is 168 Å². The van der Waals surface area contributed by atoms with E-state index in [4.69, 9.17) is 0 Å². The average Bonchev–Trinajstić information content (AvgIpc) is 2.93. The van der Waals surface area contributed by atoms with Gasteiger partial charge in [-0.05, 0) is 41.3 Å². The molecular formula is C22H21N3O4. The highest BCUT2D eigenvalue weighted by Crippen LogP contribution is 2.31. The minimum atomic E-state index is -0.515. The normalized spacial score (nSPS) is 14.0. The molecule has 1 aliphatic heterocycles. The van der Waals surface area contributed by atoms with Gasteiger partial charge in [0.05, 0.1) is 10.5 Å². The van der Waals surface area contributed by atoms with Crippen LogP contribution in [-0.2, 0) is 9.59 Å². The van der Waals surface area contributed by atoms with Crippen molar-refractivity contribution in [3.05, 3.63) is 88.1 Å². The van der Waals surface area contributed by atoms with Crippen LogP contribution in [0.1, 0.15) is 30.9 Å². The van der Waals surface area contributed by atoms with Crippen LogP contribution in [0.15, 0.2) is 66.9 Å². The molecule has 1 heterocycles. The Morgan fingerprint density at radius 2 is 1.69 bits per heavy atom. The zero-order valence-electron chi connectivity index (χ0n) is 16.2. The van der Waals surface area contributed by atoms with E-state index in [-0.39, 0.29) is 23.5 Å². The maximum absolute atomic E-state index is 12.9. The van der Waals surface area contributed by atoms with Gasteiger partial charge in [-0.3, -0.25) is 24.6 Å². The number of imide groups is 1. The van der Waals surface area contributed by atoms with Crippen molar-refractivity contribution in [1.82, 2.24) is 4.90 Å². The first-order chi connectivity index (χ1) is 13.8. The van der Waals surface area contributed by atoms with E-state index < -0.39 is 16.7 Å². The molecule has 0 aliphatic carbocycles. The van der Waals surface area contributed by atoms with Gasteiger partial charge in [0, 0.05) is 24.4 Å². The number of nitrogens with zero attached hydrogens (tertiary/aromatic N) is 2. The monoisotopic (exact) mass is 391 g/mol. The zero-order valence-corrected chi connectivity index (χ0v) is 16.2. The fourth-order valence-electron chi connectivity index (χ4n) is 3.10. The molecule has 0 bridgehead atoms. The molecule has 0 saturated heterocycles. The molecule has 0 aromatic heterocycles. The summed E-state index contributed by atoms with van der Waals surface area (Å²) in [6, 6.07) is 13.2. The molecule has 1 N–H and O–H groups in total. The van der Waals surface area contributed by atoms with Gasteiger partial charge in [0.1, 0.15) is 5.70 Å². The number of nitro groups is 1. The van der Waals surface area contributed by atoms with Gasteiger partial charge < -0.3 is 5.32 Å². The molecule has 2 amide bonds. The smallest absolute Gasteiger partial charge is 0.278 e. The van der Waals surface area contributed by atoms with Crippen LogP contribution in [0.5, 0.6) is 0 Å². The quantitative estimate of drug-likeness (QED) is 0.332. The molecule has 3 rings (SSSR count). The van der Waals surface area contributed by atoms with Crippen LogP contribution in [0.2, 0.25) is 0 Å². The summed E-state index contributed by atoms with van der Waals surface area (Å²) in [5.41, 5.74) is 2.49. The molecule has 148 valence electrons. The zero-order chi connectivity index (χ0) is 21.1. The Morgan fingerprint density at radius 3 is 2.21 bits per heavy atom. The number of rotatable bonds is 7. The van der Waals surface area contributed by atoms with Gasteiger partial charge in [0.2, 0.25) is 0 Å². The summed E-state index contributed by atoms with van der Waals surface area (Å²) in [6.45, 7) is 7.85. The second-order valence-electron chi connectivity index (χ2n) is 6.97.